The van der Waals surface area contributed by atoms with Crippen LogP contribution in [0.2, 0.25) is 0 Å². The second-order valence-corrected chi connectivity index (χ2v) is 6.17. The Hall–Kier alpha value is -1.49. The van der Waals surface area contributed by atoms with Gasteiger partial charge in [0.05, 0.1) is 13.2 Å². The summed E-state index contributed by atoms with van der Waals surface area (Å²) in [6, 6.07) is 4.18. The van der Waals surface area contributed by atoms with Crippen molar-refractivity contribution in [3.05, 3.63) is 23.3 Å². The summed E-state index contributed by atoms with van der Waals surface area (Å²) >= 11 is 5.44. The van der Waals surface area contributed by atoms with E-state index in [0.717, 1.165) is 22.2 Å². The molecule has 2 aliphatic heterocycles. The van der Waals surface area contributed by atoms with Gasteiger partial charge in [-0.2, -0.15) is 0 Å². The fraction of sp³-hybridized carbons (Fsp3) is 0.533. The molecule has 0 aliphatic carbocycles. The molecule has 5 heteroatoms. The number of rotatable bonds is 1. The van der Waals surface area contributed by atoms with Crippen LogP contribution in [0.4, 0.5) is 0 Å². The standard InChI is InChI=1S/C15H20N2O2S/c1-8-6-10(18-5)7-11-12(8)13-9(2)15(3,19-11)17(4)14(20)16-13/h6-7,9,13H,1-5H3,(H,16,20). The van der Waals surface area contributed by atoms with Crippen LogP contribution in [0.3, 0.4) is 0 Å². The van der Waals surface area contributed by atoms with E-state index in [2.05, 4.69) is 26.1 Å². The lowest BCUT2D eigenvalue weighted by atomic mass is 9.79. The number of nitrogens with zero attached hydrogens (tertiary/aromatic N) is 1. The number of aryl methyl sites for hydroxylation is 1. The van der Waals surface area contributed by atoms with Gasteiger partial charge in [0.2, 0.25) is 0 Å². The van der Waals surface area contributed by atoms with Crippen molar-refractivity contribution in [2.45, 2.75) is 32.5 Å². The molecular formula is C15H20N2O2S. The van der Waals surface area contributed by atoms with Crippen molar-refractivity contribution in [3.63, 3.8) is 0 Å². The molecular weight excluding hydrogens is 272 g/mol. The highest BCUT2D eigenvalue weighted by Crippen LogP contribution is 2.49. The number of benzene rings is 1. The maximum absolute atomic E-state index is 6.33. The molecule has 1 saturated heterocycles. The number of hydrogen-bond acceptors (Lipinski definition) is 3. The molecule has 0 radical (unpaired) electrons. The van der Waals surface area contributed by atoms with E-state index >= 15 is 0 Å². The predicted molar refractivity (Wildman–Crippen MR) is 82.2 cm³/mol. The molecule has 1 N–H and O–H groups in total. The molecule has 4 nitrogen and oxygen atoms in total. The Labute approximate surface area is 125 Å². The SMILES string of the molecule is COc1cc(C)c2c(c1)OC1(C)C(C)C2NC(=S)N1C. The number of nitrogens with one attached hydrogen (secondary N) is 1. The monoisotopic (exact) mass is 292 g/mol. The average Bonchev–Trinajstić information content (AvgIpc) is 2.40. The molecule has 3 unspecified atom stereocenters. The van der Waals surface area contributed by atoms with Crippen LogP contribution >= 0.6 is 12.2 Å². The molecule has 0 amide bonds. The van der Waals surface area contributed by atoms with Gasteiger partial charge in [0.15, 0.2) is 10.8 Å². The summed E-state index contributed by atoms with van der Waals surface area (Å²) < 4.78 is 11.7. The highest BCUT2D eigenvalue weighted by atomic mass is 32.1. The molecule has 20 heavy (non-hydrogen) atoms. The molecule has 3 rings (SSSR count). The van der Waals surface area contributed by atoms with Gasteiger partial charge in [0.25, 0.3) is 0 Å². The second-order valence-electron chi connectivity index (χ2n) is 5.79. The summed E-state index contributed by atoms with van der Waals surface area (Å²) in [5.41, 5.74) is 1.92. The molecule has 0 spiro atoms. The maximum atomic E-state index is 6.33. The molecule has 1 aromatic carbocycles. The molecule has 0 aromatic heterocycles. The first kappa shape index (κ1) is 13.5. The third-order valence-corrected chi connectivity index (χ3v) is 5.17. The molecule has 0 saturated carbocycles. The van der Waals surface area contributed by atoms with Crippen LogP contribution in [0.1, 0.15) is 31.0 Å². The summed E-state index contributed by atoms with van der Waals surface area (Å²) in [6.07, 6.45) is 0. The Morgan fingerprint density at radius 3 is 2.80 bits per heavy atom. The lowest BCUT2D eigenvalue weighted by Crippen LogP contribution is -2.67. The van der Waals surface area contributed by atoms with Gasteiger partial charge in [-0.25, -0.2) is 0 Å². The van der Waals surface area contributed by atoms with Crippen molar-refractivity contribution < 1.29 is 9.47 Å². The number of fused-ring (bicyclic) bond motifs is 4. The van der Waals surface area contributed by atoms with Crippen LogP contribution in [0, 0.1) is 12.8 Å². The molecule has 2 heterocycles. The second kappa shape index (κ2) is 4.25. The first-order chi connectivity index (χ1) is 9.38. The third kappa shape index (κ3) is 1.62. The first-order valence-electron chi connectivity index (χ1n) is 6.80. The lowest BCUT2D eigenvalue weighted by Gasteiger charge is -2.55. The van der Waals surface area contributed by atoms with Gasteiger partial charge in [-0.15, -0.1) is 0 Å². The Balaban J connectivity index is 2.19. The molecule has 3 atom stereocenters. The molecule has 1 fully saturated rings. The van der Waals surface area contributed by atoms with Gasteiger partial charge >= 0.3 is 0 Å². The number of thiocarbonyl (C=S) groups is 1. The van der Waals surface area contributed by atoms with Crippen molar-refractivity contribution in [1.82, 2.24) is 10.2 Å². The highest BCUT2D eigenvalue weighted by molar-refractivity contribution is 7.80. The van der Waals surface area contributed by atoms with Gasteiger partial charge in [0, 0.05) is 24.6 Å². The van der Waals surface area contributed by atoms with Gasteiger partial charge in [-0.1, -0.05) is 6.92 Å². The van der Waals surface area contributed by atoms with E-state index in [1.807, 2.05) is 24.1 Å². The predicted octanol–water partition coefficient (Wildman–Crippen LogP) is 2.61. The van der Waals surface area contributed by atoms with E-state index in [-0.39, 0.29) is 6.04 Å². The molecule has 2 bridgehead atoms. The quantitative estimate of drug-likeness (QED) is 0.805. The van der Waals surface area contributed by atoms with Crippen LogP contribution < -0.4 is 14.8 Å². The van der Waals surface area contributed by atoms with E-state index < -0.39 is 5.72 Å². The van der Waals surface area contributed by atoms with E-state index in [1.54, 1.807) is 7.11 Å². The zero-order valence-electron chi connectivity index (χ0n) is 12.5. The number of ether oxygens (including phenoxy) is 2. The normalized spacial score (nSPS) is 31.2. The van der Waals surface area contributed by atoms with Gasteiger partial charge < -0.3 is 19.7 Å². The maximum Gasteiger partial charge on any atom is 0.186 e. The Morgan fingerprint density at radius 1 is 1.45 bits per heavy atom. The van der Waals surface area contributed by atoms with Crippen molar-refractivity contribution in [3.8, 4) is 11.5 Å². The summed E-state index contributed by atoms with van der Waals surface area (Å²) in [5.74, 6) is 2.00. The highest BCUT2D eigenvalue weighted by Gasteiger charge is 2.52. The van der Waals surface area contributed by atoms with E-state index in [1.165, 1.54) is 5.56 Å². The van der Waals surface area contributed by atoms with E-state index in [4.69, 9.17) is 21.7 Å². The van der Waals surface area contributed by atoms with Gasteiger partial charge in [0.1, 0.15) is 11.5 Å². The fourth-order valence-corrected chi connectivity index (χ4v) is 3.52. The topological polar surface area (TPSA) is 33.7 Å². The van der Waals surface area contributed by atoms with Gasteiger partial charge in [-0.3, -0.25) is 0 Å². The van der Waals surface area contributed by atoms with E-state index in [0.29, 0.717) is 5.92 Å². The van der Waals surface area contributed by atoms with Crippen molar-refractivity contribution in [1.29, 1.82) is 0 Å². The smallest absolute Gasteiger partial charge is 0.186 e. The first-order valence-corrected chi connectivity index (χ1v) is 7.21. The summed E-state index contributed by atoms with van der Waals surface area (Å²) in [5, 5.41) is 4.18. The summed E-state index contributed by atoms with van der Waals surface area (Å²) in [7, 11) is 3.65. The minimum Gasteiger partial charge on any atom is -0.497 e. The van der Waals surface area contributed by atoms with Crippen LogP contribution in [0.25, 0.3) is 0 Å². The Morgan fingerprint density at radius 2 is 2.15 bits per heavy atom. The zero-order chi connectivity index (χ0) is 14.7. The Kier molecular flexibility index (Phi) is 2.87. The van der Waals surface area contributed by atoms with Crippen LogP contribution in [0.5, 0.6) is 11.5 Å². The zero-order valence-corrected chi connectivity index (χ0v) is 13.3. The van der Waals surface area contributed by atoms with Crippen LogP contribution in [-0.2, 0) is 0 Å². The molecule has 2 aliphatic rings. The van der Waals surface area contributed by atoms with Crippen molar-refractivity contribution >= 4 is 17.3 Å². The average molecular weight is 292 g/mol. The van der Waals surface area contributed by atoms with Crippen LogP contribution in [-0.4, -0.2) is 29.9 Å². The third-order valence-electron chi connectivity index (χ3n) is 4.78. The van der Waals surface area contributed by atoms with E-state index in [9.17, 15) is 0 Å². The minimum atomic E-state index is -0.432. The largest absolute Gasteiger partial charge is 0.497 e. The van der Waals surface area contributed by atoms with Crippen LogP contribution in [0.15, 0.2) is 12.1 Å². The molecule has 108 valence electrons. The molecule has 1 aromatic rings. The number of methoxy groups -OCH3 is 1. The van der Waals surface area contributed by atoms with Crippen molar-refractivity contribution in [2.24, 2.45) is 5.92 Å². The number of hydrogen-bond donors (Lipinski definition) is 1. The Bertz CT molecular complexity index is 589. The fourth-order valence-electron chi connectivity index (χ4n) is 3.21. The van der Waals surface area contributed by atoms with Crippen molar-refractivity contribution in [2.75, 3.05) is 14.2 Å². The summed E-state index contributed by atoms with van der Waals surface area (Å²) in [4.78, 5) is 2.00. The summed E-state index contributed by atoms with van der Waals surface area (Å²) in [6.45, 7) is 6.38. The minimum absolute atomic E-state index is 0.179. The van der Waals surface area contributed by atoms with Gasteiger partial charge in [-0.05, 0) is 37.7 Å². The lowest BCUT2D eigenvalue weighted by molar-refractivity contribution is -0.100.